The summed E-state index contributed by atoms with van der Waals surface area (Å²) in [4.78, 5) is 13.6. The molecule has 3 aromatic heterocycles. The van der Waals surface area contributed by atoms with Crippen LogP contribution in [0.15, 0.2) is 36.8 Å². The molecular weight excluding hydrogens is 304 g/mol. The molecule has 0 saturated heterocycles. The summed E-state index contributed by atoms with van der Waals surface area (Å²) in [6.45, 7) is 1.91. The zero-order valence-electron chi connectivity index (χ0n) is 11.0. The van der Waals surface area contributed by atoms with Crippen molar-refractivity contribution in [2.24, 2.45) is 0 Å². The Hall–Kier alpha value is -2.29. The highest BCUT2D eigenvalue weighted by atomic mass is 35.5. The maximum absolute atomic E-state index is 8.90. The molecule has 0 aliphatic carbocycles. The largest absolute Gasteiger partial charge is 0.264 e. The lowest BCUT2D eigenvalue weighted by Gasteiger charge is -2.02. The van der Waals surface area contributed by atoms with E-state index in [1.165, 1.54) is 11.3 Å². The fraction of sp³-hybridized carbons (Fsp3) is 0.0667. The monoisotopic (exact) mass is 312 g/mol. The van der Waals surface area contributed by atoms with Gasteiger partial charge >= 0.3 is 0 Å². The summed E-state index contributed by atoms with van der Waals surface area (Å²) in [5, 5.41) is 10.1. The normalized spacial score (nSPS) is 10.3. The van der Waals surface area contributed by atoms with Crippen molar-refractivity contribution in [2.45, 2.75) is 6.92 Å². The topological polar surface area (TPSA) is 62.5 Å². The zero-order chi connectivity index (χ0) is 14.8. The molecular formula is C15H9ClN4S. The van der Waals surface area contributed by atoms with Crippen molar-refractivity contribution in [2.75, 3.05) is 0 Å². The van der Waals surface area contributed by atoms with E-state index in [1.807, 2.05) is 19.1 Å². The Morgan fingerprint density at radius 3 is 2.86 bits per heavy atom. The molecule has 0 saturated carbocycles. The van der Waals surface area contributed by atoms with Crippen molar-refractivity contribution in [3.8, 4) is 27.2 Å². The van der Waals surface area contributed by atoms with Gasteiger partial charge in [-0.15, -0.1) is 11.3 Å². The van der Waals surface area contributed by atoms with Crippen molar-refractivity contribution in [1.29, 1.82) is 5.26 Å². The number of aryl methyl sites for hydroxylation is 1. The van der Waals surface area contributed by atoms with Gasteiger partial charge in [-0.05, 0) is 30.7 Å². The summed E-state index contributed by atoms with van der Waals surface area (Å²) in [5.74, 6) is 0. The molecule has 6 heteroatoms. The Balaban J connectivity index is 2.09. The molecule has 0 radical (unpaired) electrons. The number of halogens is 1. The standard InChI is InChI=1S/C15H9ClN4S/c1-9-5-10(6-17)7-19-12(9)13-14(16)20-15(21-13)11-3-2-4-18-8-11/h2-5,7-8H,1H3. The highest BCUT2D eigenvalue weighted by molar-refractivity contribution is 7.19. The number of hydrogen-bond acceptors (Lipinski definition) is 5. The SMILES string of the molecule is Cc1cc(C#N)cnc1-c1sc(-c2cccnc2)nc1Cl. The number of thiazole rings is 1. The Labute approximate surface area is 130 Å². The molecule has 0 aliphatic heterocycles. The van der Waals surface area contributed by atoms with E-state index in [-0.39, 0.29) is 0 Å². The molecule has 0 fully saturated rings. The van der Waals surface area contributed by atoms with E-state index in [1.54, 1.807) is 24.7 Å². The first-order valence-corrected chi connectivity index (χ1v) is 7.32. The number of nitriles is 1. The summed E-state index contributed by atoms with van der Waals surface area (Å²) in [6, 6.07) is 7.66. The predicted molar refractivity (Wildman–Crippen MR) is 83.0 cm³/mol. The van der Waals surface area contributed by atoms with E-state index >= 15 is 0 Å². The van der Waals surface area contributed by atoms with E-state index in [2.05, 4.69) is 21.0 Å². The van der Waals surface area contributed by atoms with E-state index in [0.29, 0.717) is 10.7 Å². The maximum atomic E-state index is 8.90. The highest BCUT2D eigenvalue weighted by Gasteiger charge is 2.16. The van der Waals surface area contributed by atoms with Crippen molar-refractivity contribution >= 4 is 22.9 Å². The number of pyridine rings is 2. The average molecular weight is 313 g/mol. The molecule has 21 heavy (non-hydrogen) atoms. The lowest BCUT2D eigenvalue weighted by Crippen LogP contribution is -1.88. The molecule has 3 aromatic rings. The first-order valence-electron chi connectivity index (χ1n) is 6.13. The van der Waals surface area contributed by atoms with Crippen LogP contribution in [0.3, 0.4) is 0 Å². The maximum Gasteiger partial charge on any atom is 0.150 e. The van der Waals surface area contributed by atoms with E-state index in [9.17, 15) is 0 Å². The summed E-state index contributed by atoms with van der Waals surface area (Å²) >= 11 is 7.71. The number of rotatable bonds is 2. The van der Waals surface area contributed by atoms with Gasteiger partial charge in [0.1, 0.15) is 16.2 Å². The third-order valence-electron chi connectivity index (χ3n) is 2.92. The first-order chi connectivity index (χ1) is 10.2. The van der Waals surface area contributed by atoms with Crippen LogP contribution in [0.25, 0.3) is 21.1 Å². The fourth-order valence-corrected chi connectivity index (χ4v) is 3.28. The van der Waals surface area contributed by atoms with Gasteiger partial charge in [-0.25, -0.2) is 4.98 Å². The molecule has 3 rings (SSSR count). The van der Waals surface area contributed by atoms with Crippen LogP contribution in [0, 0.1) is 18.3 Å². The second-order valence-electron chi connectivity index (χ2n) is 4.38. The number of aromatic nitrogens is 3. The number of hydrogen-bond donors (Lipinski definition) is 0. The third kappa shape index (κ3) is 2.64. The summed E-state index contributed by atoms with van der Waals surface area (Å²) in [6.07, 6.45) is 5.01. The lowest BCUT2D eigenvalue weighted by molar-refractivity contribution is 1.25. The van der Waals surface area contributed by atoms with Crippen LogP contribution in [0.1, 0.15) is 11.1 Å². The van der Waals surface area contributed by atoms with Gasteiger partial charge in [0.15, 0.2) is 0 Å². The van der Waals surface area contributed by atoms with Crippen molar-refractivity contribution in [1.82, 2.24) is 15.0 Å². The van der Waals surface area contributed by atoms with Crippen LogP contribution in [0.4, 0.5) is 0 Å². The van der Waals surface area contributed by atoms with Gasteiger partial charge in [0.05, 0.1) is 16.1 Å². The lowest BCUT2D eigenvalue weighted by atomic mass is 10.1. The van der Waals surface area contributed by atoms with Crippen LogP contribution in [0.5, 0.6) is 0 Å². The second-order valence-corrected chi connectivity index (χ2v) is 5.74. The van der Waals surface area contributed by atoms with Crippen LogP contribution < -0.4 is 0 Å². The molecule has 4 nitrogen and oxygen atoms in total. The minimum absolute atomic E-state index is 0.416. The van der Waals surface area contributed by atoms with E-state index in [0.717, 1.165) is 26.7 Å². The Morgan fingerprint density at radius 2 is 2.19 bits per heavy atom. The molecule has 0 unspecified atom stereocenters. The summed E-state index contributed by atoms with van der Waals surface area (Å²) in [5.41, 5.74) is 3.11. The molecule has 0 amide bonds. The Kier molecular flexibility index (Phi) is 3.65. The molecule has 3 heterocycles. The molecule has 102 valence electrons. The van der Waals surface area contributed by atoms with Gasteiger partial charge in [-0.1, -0.05) is 11.6 Å². The van der Waals surface area contributed by atoms with Gasteiger partial charge in [0, 0.05) is 24.2 Å². The molecule has 0 bridgehead atoms. The van der Waals surface area contributed by atoms with Gasteiger partial charge in [0.2, 0.25) is 0 Å². The quantitative estimate of drug-likeness (QED) is 0.714. The average Bonchev–Trinajstić information content (AvgIpc) is 2.90. The summed E-state index contributed by atoms with van der Waals surface area (Å²) in [7, 11) is 0. The highest BCUT2D eigenvalue weighted by Crippen LogP contribution is 2.38. The molecule has 0 atom stereocenters. The minimum Gasteiger partial charge on any atom is -0.264 e. The van der Waals surface area contributed by atoms with E-state index in [4.69, 9.17) is 16.9 Å². The first kappa shape index (κ1) is 13.7. The Morgan fingerprint density at radius 1 is 1.33 bits per heavy atom. The summed E-state index contributed by atoms with van der Waals surface area (Å²) < 4.78 is 0. The Bertz CT molecular complexity index is 837. The van der Waals surface area contributed by atoms with Gasteiger partial charge in [-0.3, -0.25) is 9.97 Å². The van der Waals surface area contributed by atoms with Crippen molar-refractivity contribution < 1.29 is 0 Å². The van der Waals surface area contributed by atoms with Crippen LogP contribution in [-0.4, -0.2) is 15.0 Å². The smallest absolute Gasteiger partial charge is 0.150 e. The van der Waals surface area contributed by atoms with Crippen LogP contribution in [-0.2, 0) is 0 Å². The van der Waals surface area contributed by atoms with Gasteiger partial charge < -0.3 is 0 Å². The third-order valence-corrected chi connectivity index (χ3v) is 4.41. The van der Waals surface area contributed by atoms with Crippen molar-refractivity contribution in [3.63, 3.8) is 0 Å². The van der Waals surface area contributed by atoms with Crippen LogP contribution >= 0.6 is 22.9 Å². The molecule has 0 N–H and O–H groups in total. The minimum atomic E-state index is 0.416. The number of nitrogens with zero attached hydrogens (tertiary/aromatic N) is 4. The second kappa shape index (κ2) is 5.60. The van der Waals surface area contributed by atoms with Crippen LogP contribution in [0.2, 0.25) is 5.15 Å². The van der Waals surface area contributed by atoms with E-state index < -0.39 is 0 Å². The predicted octanol–water partition coefficient (Wildman–Crippen LogP) is 4.10. The van der Waals surface area contributed by atoms with Crippen molar-refractivity contribution in [3.05, 3.63) is 53.1 Å². The molecule has 0 aromatic carbocycles. The van der Waals surface area contributed by atoms with Gasteiger partial charge in [0.25, 0.3) is 0 Å². The zero-order valence-corrected chi connectivity index (χ0v) is 12.6. The molecule has 0 spiro atoms. The van der Waals surface area contributed by atoms with Gasteiger partial charge in [-0.2, -0.15) is 5.26 Å². The fourth-order valence-electron chi connectivity index (χ4n) is 1.93. The molecule has 0 aliphatic rings.